The van der Waals surface area contributed by atoms with Crippen molar-refractivity contribution >= 4 is 11.8 Å². The molecule has 0 saturated carbocycles. The Labute approximate surface area is 287 Å². The van der Waals surface area contributed by atoms with E-state index in [4.69, 9.17) is 24.3 Å². The van der Waals surface area contributed by atoms with Crippen molar-refractivity contribution in [2.24, 2.45) is 4.99 Å². The molecule has 1 aliphatic rings. The van der Waals surface area contributed by atoms with Gasteiger partial charge < -0.3 is 19.3 Å². The highest BCUT2D eigenvalue weighted by molar-refractivity contribution is 6.01. The molecule has 1 aliphatic heterocycles. The van der Waals surface area contributed by atoms with E-state index in [0.717, 1.165) is 39.1 Å². The topological polar surface area (TPSA) is 101 Å². The van der Waals surface area contributed by atoms with Crippen LogP contribution in [0.5, 0.6) is 11.5 Å². The summed E-state index contributed by atoms with van der Waals surface area (Å²) in [6.45, 7) is 1.00. The fourth-order valence-electron chi connectivity index (χ4n) is 5.92. The van der Waals surface area contributed by atoms with Crippen molar-refractivity contribution < 1.29 is 24.1 Å². The lowest BCUT2D eigenvalue weighted by molar-refractivity contribution is -0.130. The van der Waals surface area contributed by atoms with Crippen molar-refractivity contribution in [3.05, 3.63) is 156 Å². The Hall–Kier alpha value is -5.44. The number of rotatable bonds is 15. The van der Waals surface area contributed by atoms with Crippen LogP contribution in [0, 0.1) is 0 Å². The van der Waals surface area contributed by atoms with Crippen molar-refractivity contribution in [3.8, 4) is 22.6 Å². The van der Waals surface area contributed by atoms with Crippen molar-refractivity contribution in [2.75, 3.05) is 26.9 Å². The first-order chi connectivity index (χ1) is 24.1. The summed E-state index contributed by atoms with van der Waals surface area (Å²) in [6, 6.07) is 43.6. The number of hydrazine groups is 1. The summed E-state index contributed by atoms with van der Waals surface area (Å²) >= 11 is 0. The number of nitrogens with one attached hydrogen (secondary N) is 2. The summed E-state index contributed by atoms with van der Waals surface area (Å²) in [6.07, 6.45) is 0.860. The maximum atomic E-state index is 14.5. The highest BCUT2D eigenvalue weighted by atomic mass is 16.5. The van der Waals surface area contributed by atoms with Crippen molar-refractivity contribution in [2.45, 2.75) is 30.9 Å². The van der Waals surface area contributed by atoms with Gasteiger partial charge in [-0.25, -0.2) is 10.4 Å². The molecule has 2 atom stereocenters. The van der Waals surface area contributed by atoms with E-state index in [2.05, 4.69) is 35.1 Å². The SMILES string of the molecule is COc1ccc(CCNNC(=O)[C@@]2(Cc3ccccc3)N=C(c3ccc(OCCCO)cc3)O[C@H]2c2ccc(-c3ccccc3)cc2)cc1. The fraction of sp³-hybridized carbons (Fsp3) is 0.220. The van der Waals surface area contributed by atoms with Gasteiger partial charge in [0, 0.05) is 31.6 Å². The zero-order chi connectivity index (χ0) is 33.9. The number of methoxy groups -OCH3 is 1. The van der Waals surface area contributed by atoms with Gasteiger partial charge in [0.2, 0.25) is 5.90 Å². The van der Waals surface area contributed by atoms with Gasteiger partial charge in [-0.15, -0.1) is 0 Å². The zero-order valence-corrected chi connectivity index (χ0v) is 27.5. The van der Waals surface area contributed by atoms with E-state index in [1.165, 1.54) is 0 Å². The molecule has 8 nitrogen and oxygen atoms in total. The minimum atomic E-state index is -1.33. The number of ether oxygens (including phenoxy) is 3. The Morgan fingerprint density at radius 2 is 1.41 bits per heavy atom. The molecule has 0 saturated heterocycles. The largest absolute Gasteiger partial charge is 0.497 e. The van der Waals surface area contributed by atoms with Gasteiger partial charge >= 0.3 is 0 Å². The van der Waals surface area contributed by atoms with Crippen LogP contribution in [-0.2, 0) is 22.4 Å². The number of carbonyl (C=O) groups is 1. The Morgan fingerprint density at radius 1 is 0.776 bits per heavy atom. The molecule has 1 heterocycles. The first-order valence-electron chi connectivity index (χ1n) is 16.5. The summed E-state index contributed by atoms with van der Waals surface area (Å²) in [5.41, 5.74) is 10.6. The number of nitrogens with zero attached hydrogens (tertiary/aromatic N) is 1. The first kappa shape index (κ1) is 33.5. The summed E-state index contributed by atoms with van der Waals surface area (Å²) < 4.78 is 17.7. The highest BCUT2D eigenvalue weighted by Gasteiger charge is 2.53. The Morgan fingerprint density at radius 3 is 2.08 bits per heavy atom. The van der Waals surface area contributed by atoms with Crippen LogP contribution >= 0.6 is 0 Å². The van der Waals surface area contributed by atoms with Gasteiger partial charge in [0.25, 0.3) is 5.91 Å². The molecular weight excluding hydrogens is 614 g/mol. The average molecular weight is 656 g/mol. The number of amides is 1. The van der Waals surface area contributed by atoms with Crippen LogP contribution in [0.1, 0.15) is 34.8 Å². The molecule has 5 aromatic rings. The molecule has 0 bridgehead atoms. The van der Waals surface area contributed by atoms with E-state index in [0.29, 0.717) is 44.1 Å². The van der Waals surface area contributed by atoms with E-state index in [9.17, 15) is 4.79 Å². The standard InChI is InChI=1S/C41H41N3O5/c1-47-36-21-13-30(14-22-36)25-26-42-44-40(46)41(29-31-9-4-2-5-10-31)38(34-17-15-33(16-18-34)32-11-6-3-7-12-32)49-39(43-41)35-19-23-37(24-20-35)48-28-8-27-45/h2-7,9-24,38,42,45H,8,25-29H2,1H3,(H,44,46)/t38-,41-/m0/s1. The summed E-state index contributed by atoms with van der Waals surface area (Å²) in [5, 5.41) is 9.11. The molecule has 250 valence electrons. The molecule has 0 aliphatic carbocycles. The summed E-state index contributed by atoms with van der Waals surface area (Å²) in [7, 11) is 1.65. The first-order valence-corrected chi connectivity index (χ1v) is 16.5. The number of aliphatic hydroxyl groups is 1. The lowest BCUT2D eigenvalue weighted by Crippen LogP contribution is -2.54. The maximum Gasteiger partial charge on any atom is 0.266 e. The fourth-order valence-corrected chi connectivity index (χ4v) is 5.92. The van der Waals surface area contributed by atoms with Crippen molar-refractivity contribution in [1.29, 1.82) is 0 Å². The molecule has 0 aromatic heterocycles. The van der Waals surface area contributed by atoms with Gasteiger partial charge in [-0.2, -0.15) is 0 Å². The third-order valence-corrected chi connectivity index (χ3v) is 8.57. The van der Waals surface area contributed by atoms with Gasteiger partial charge in [0.05, 0.1) is 13.7 Å². The molecule has 0 fully saturated rings. The predicted octanol–water partition coefficient (Wildman–Crippen LogP) is 6.49. The van der Waals surface area contributed by atoms with E-state index >= 15 is 0 Å². The maximum absolute atomic E-state index is 14.5. The number of aliphatic hydroxyl groups excluding tert-OH is 1. The lowest BCUT2D eigenvalue weighted by atomic mass is 9.82. The van der Waals surface area contributed by atoms with Crippen LogP contribution in [0.15, 0.2) is 138 Å². The van der Waals surface area contributed by atoms with E-state index in [-0.39, 0.29) is 12.5 Å². The van der Waals surface area contributed by atoms with Gasteiger partial charge in [-0.3, -0.25) is 10.2 Å². The predicted molar refractivity (Wildman–Crippen MR) is 192 cm³/mol. The molecule has 5 aromatic carbocycles. The van der Waals surface area contributed by atoms with Crippen LogP contribution in [0.2, 0.25) is 0 Å². The molecular formula is C41H41N3O5. The van der Waals surface area contributed by atoms with Crippen molar-refractivity contribution in [1.82, 2.24) is 10.9 Å². The third kappa shape index (κ3) is 8.17. The van der Waals surface area contributed by atoms with Gasteiger partial charge in [-0.05, 0) is 70.6 Å². The van der Waals surface area contributed by atoms with Crippen molar-refractivity contribution in [3.63, 3.8) is 0 Å². The molecule has 1 amide bonds. The van der Waals surface area contributed by atoms with Gasteiger partial charge in [0.1, 0.15) is 11.5 Å². The molecule has 49 heavy (non-hydrogen) atoms. The third-order valence-electron chi connectivity index (χ3n) is 8.57. The van der Waals surface area contributed by atoms with Crippen LogP contribution in [-0.4, -0.2) is 49.3 Å². The Balaban J connectivity index is 1.31. The number of aliphatic imine (C=N–C) groups is 1. The minimum absolute atomic E-state index is 0.0678. The van der Waals surface area contributed by atoms with Gasteiger partial charge in [0.15, 0.2) is 11.6 Å². The second-order valence-electron chi connectivity index (χ2n) is 11.9. The highest BCUT2D eigenvalue weighted by Crippen LogP contribution is 2.43. The minimum Gasteiger partial charge on any atom is -0.497 e. The monoisotopic (exact) mass is 655 g/mol. The quantitative estimate of drug-likeness (QED) is 0.0881. The van der Waals surface area contributed by atoms with E-state index in [1.54, 1.807) is 7.11 Å². The van der Waals surface area contributed by atoms with E-state index < -0.39 is 11.6 Å². The molecule has 8 heteroatoms. The smallest absolute Gasteiger partial charge is 0.266 e. The Bertz CT molecular complexity index is 1810. The molecule has 0 spiro atoms. The van der Waals surface area contributed by atoms with Crippen LogP contribution in [0.3, 0.4) is 0 Å². The molecule has 6 rings (SSSR count). The summed E-state index contributed by atoms with van der Waals surface area (Å²) in [5.74, 6) is 1.57. The molecule has 0 unspecified atom stereocenters. The number of hydrogen-bond acceptors (Lipinski definition) is 7. The number of hydrogen-bond donors (Lipinski definition) is 3. The van der Waals surface area contributed by atoms with E-state index in [1.807, 2.05) is 109 Å². The average Bonchev–Trinajstić information content (AvgIpc) is 3.55. The van der Waals surface area contributed by atoms with Gasteiger partial charge in [-0.1, -0.05) is 97.1 Å². The van der Waals surface area contributed by atoms with Crippen LogP contribution in [0.4, 0.5) is 0 Å². The second-order valence-corrected chi connectivity index (χ2v) is 11.9. The number of benzene rings is 5. The number of carbonyl (C=O) groups excluding carboxylic acids is 1. The zero-order valence-electron chi connectivity index (χ0n) is 27.5. The van der Waals surface area contributed by atoms with Crippen LogP contribution in [0.25, 0.3) is 11.1 Å². The molecule has 3 N–H and O–H groups in total. The van der Waals surface area contributed by atoms with Crippen LogP contribution < -0.4 is 20.3 Å². The molecule has 0 radical (unpaired) electrons. The lowest BCUT2D eigenvalue weighted by Gasteiger charge is -2.31. The Kier molecular flexibility index (Phi) is 11.0. The second kappa shape index (κ2) is 16.1. The normalized spacial score (nSPS) is 16.8. The summed E-state index contributed by atoms with van der Waals surface area (Å²) in [4.78, 5) is 19.6.